The molecule has 0 amide bonds. The van der Waals surface area contributed by atoms with Gasteiger partial charge < -0.3 is 28.5 Å². The van der Waals surface area contributed by atoms with Gasteiger partial charge in [-0.2, -0.15) is 0 Å². The number of unbranched alkanes of at least 4 members (excludes halogenated alkanes) is 14. The summed E-state index contributed by atoms with van der Waals surface area (Å²) in [7, 11) is 5.95. The Labute approximate surface area is 618 Å². The van der Waals surface area contributed by atoms with Crippen LogP contribution in [0.15, 0.2) is 243 Å². The van der Waals surface area contributed by atoms with Gasteiger partial charge in [-0.15, -0.1) is 0 Å². The molecular formula is C92H142NO8+. The molecule has 1 N–H and O–H groups in total. The third-order valence-corrected chi connectivity index (χ3v) is 15.6. The fourth-order valence-corrected chi connectivity index (χ4v) is 9.72. The highest BCUT2D eigenvalue weighted by molar-refractivity contribution is 5.71. The summed E-state index contributed by atoms with van der Waals surface area (Å²) in [6.07, 6.45) is 124. The van der Waals surface area contributed by atoms with E-state index in [1.807, 2.05) is 21.1 Å². The number of likely N-dealkylation sites (N-methyl/N-ethyl adjacent to an activating group) is 1. The van der Waals surface area contributed by atoms with Gasteiger partial charge in [0.2, 0.25) is 0 Å². The Morgan fingerprint density at radius 3 is 0.792 bits per heavy atom. The van der Waals surface area contributed by atoms with Crippen molar-refractivity contribution in [2.75, 3.05) is 47.5 Å². The quantitative estimate of drug-likeness (QED) is 0.0211. The van der Waals surface area contributed by atoms with Crippen LogP contribution in [0.1, 0.15) is 258 Å². The Balaban J connectivity index is 4.24. The lowest BCUT2D eigenvalue weighted by Gasteiger charge is -2.25. The number of rotatable bonds is 69. The SMILES string of the molecule is CC/C=C\C/C=C\C/C=C\C/C=C\C/C=C\C/C=C\C/C=C\C/C=C\C/C=C\C/C=C\C/C=C\C/C=C\CCCCCCC(=O)OC(COC(=O)CCCCCCCCCCCC/C=C\C/C=C\C/C=C\C/C=C\C/C=C\C/C=C\C/C=C\C/C=C\CC)COC(OCC[N+](C)(C)C)C(=O)O. The Morgan fingerprint density at radius 2 is 0.535 bits per heavy atom. The Hall–Kier alpha value is -6.91. The first-order chi connectivity index (χ1) is 49.6. The Kier molecular flexibility index (Phi) is 73.4. The van der Waals surface area contributed by atoms with Crippen LogP contribution in [0.2, 0.25) is 0 Å². The fraction of sp³-hybridized carbons (Fsp3) is 0.533. The highest BCUT2D eigenvalue weighted by Crippen LogP contribution is 2.15. The summed E-state index contributed by atoms with van der Waals surface area (Å²) < 4.78 is 23.0. The second-order valence-electron chi connectivity index (χ2n) is 26.2. The molecule has 9 nitrogen and oxygen atoms in total. The summed E-state index contributed by atoms with van der Waals surface area (Å²) in [6, 6.07) is 0. The molecule has 0 heterocycles. The van der Waals surface area contributed by atoms with Gasteiger partial charge in [0.25, 0.3) is 6.29 Å². The van der Waals surface area contributed by atoms with Gasteiger partial charge >= 0.3 is 17.9 Å². The first kappa shape index (κ1) is 94.1. The molecule has 0 aromatic heterocycles. The van der Waals surface area contributed by atoms with Gasteiger partial charge in [-0.25, -0.2) is 4.79 Å². The van der Waals surface area contributed by atoms with Crippen molar-refractivity contribution in [3.05, 3.63) is 243 Å². The van der Waals surface area contributed by atoms with Crippen molar-refractivity contribution in [2.45, 2.75) is 270 Å². The second-order valence-corrected chi connectivity index (χ2v) is 26.2. The molecule has 9 heteroatoms. The zero-order chi connectivity index (χ0) is 73.2. The van der Waals surface area contributed by atoms with Crippen molar-refractivity contribution in [3.8, 4) is 0 Å². The summed E-state index contributed by atoms with van der Waals surface area (Å²) in [5, 5.41) is 9.77. The van der Waals surface area contributed by atoms with Crippen LogP contribution >= 0.6 is 0 Å². The van der Waals surface area contributed by atoms with Crippen molar-refractivity contribution < 1.29 is 42.9 Å². The number of carbonyl (C=O) groups excluding carboxylic acids is 2. The predicted molar refractivity (Wildman–Crippen MR) is 437 cm³/mol. The number of hydrogen-bond donors (Lipinski definition) is 1. The van der Waals surface area contributed by atoms with Crippen LogP contribution in [0.4, 0.5) is 0 Å². The number of esters is 2. The van der Waals surface area contributed by atoms with Crippen molar-refractivity contribution in [1.82, 2.24) is 0 Å². The van der Waals surface area contributed by atoms with Crippen LogP contribution in [0.25, 0.3) is 0 Å². The van der Waals surface area contributed by atoms with E-state index < -0.39 is 24.3 Å². The maximum atomic E-state index is 13.0. The molecule has 0 aromatic carbocycles. The number of carboxylic acids is 1. The smallest absolute Gasteiger partial charge is 0.361 e. The number of nitrogens with zero attached hydrogens (tertiary/aromatic N) is 1. The molecule has 101 heavy (non-hydrogen) atoms. The number of carbonyl (C=O) groups is 3. The maximum Gasteiger partial charge on any atom is 0.361 e. The normalized spacial score (nSPS) is 14.0. The lowest BCUT2D eigenvalue weighted by atomic mass is 10.1. The summed E-state index contributed by atoms with van der Waals surface area (Å²) in [5.74, 6) is -2.07. The molecule has 0 fully saturated rings. The molecule has 0 saturated heterocycles. The molecule has 562 valence electrons. The lowest BCUT2D eigenvalue weighted by molar-refractivity contribution is -0.870. The Morgan fingerprint density at radius 1 is 0.297 bits per heavy atom. The van der Waals surface area contributed by atoms with E-state index in [0.29, 0.717) is 17.4 Å². The molecule has 0 aromatic rings. The van der Waals surface area contributed by atoms with Crippen LogP contribution in [0.5, 0.6) is 0 Å². The van der Waals surface area contributed by atoms with Crippen LogP contribution in [-0.2, 0) is 33.3 Å². The highest BCUT2D eigenvalue weighted by atomic mass is 16.7. The zero-order valence-electron chi connectivity index (χ0n) is 64.2. The van der Waals surface area contributed by atoms with Gasteiger partial charge in [0.15, 0.2) is 6.10 Å². The van der Waals surface area contributed by atoms with E-state index in [-0.39, 0.29) is 38.6 Å². The number of hydrogen-bond acceptors (Lipinski definition) is 7. The largest absolute Gasteiger partial charge is 0.477 e. The molecule has 0 saturated carbocycles. The number of ether oxygens (including phenoxy) is 4. The molecule has 0 bridgehead atoms. The van der Waals surface area contributed by atoms with Gasteiger partial charge in [-0.05, 0) is 167 Å². The third kappa shape index (κ3) is 80.3. The molecule has 0 aliphatic heterocycles. The predicted octanol–water partition coefficient (Wildman–Crippen LogP) is 25.6. The monoisotopic (exact) mass is 1390 g/mol. The van der Waals surface area contributed by atoms with Crippen molar-refractivity contribution in [2.24, 2.45) is 0 Å². The topological polar surface area (TPSA) is 108 Å². The minimum absolute atomic E-state index is 0.168. The van der Waals surface area contributed by atoms with E-state index in [9.17, 15) is 19.5 Å². The van der Waals surface area contributed by atoms with E-state index in [1.54, 1.807) is 0 Å². The minimum atomic E-state index is -1.54. The average molecular weight is 1390 g/mol. The summed E-state index contributed by atoms with van der Waals surface area (Å²) in [5.41, 5.74) is 0. The van der Waals surface area contributed by atoms with Crippen LogP contribution in [-0.4, -0.2) is 87.4 Å². The van der Waals surface area contributed by atoms with Gasteiger partial charge in [0, 0.05) is 12.8 Å². The highest BCUT2D eigenvalue weighted by Gasteiger charge is 2.25. The third-order valence-electron chi connectivity index (χ3n) is 15.6. The van der Waals surface area contributed by atoms with Gasteiger partial charge in [0.1, 0.15) is 13.2 Å². The number of allylic oxidation sites excluding steroid dienone is 40. The van der Waals surface area contributed by atoms with Gasteiger partial charge in [-0.3, -0.25) is 9.59 Å². The second kappa shape index (κ2) is 78.8. The number of aliphatic carboxylic acids is 1. The van der Waals surface area contributed by atoms with Crippen molar-refractivity contribution >= 4 is 17.9 Å². The van der Waals surface area contributed by atoms with Crippen LogP contribution < -0.4 is 0 Å². The Bertz CT molecular complexity index is 2570. The standard InChI is InChI=1S/C92H141NO8/c1-6-8-10-12-14-16-18-20-22-24-26-28-30-32-34-36-38-40-42-43-44-45-46-47-49-51-53-55-57-59-61-63-65-67-69-71-73-75-77-79-81-83-90(95)101-88(87-100-92(91(96)97)98-85-84-93(3,4)5)86-99-89(94)82-80-78-76-74-72-70-68-66-64-62-60-58-56-54-52-50-48-41-39-37-35-33-31-29-27-25-23-21-19-17-15-13-11-9-7-2/h8-11,14-17,20-23,26-29,32-35,38-41,43-44,46-47,50-53,56-59,63,65,69,71,88,92H,6-7,12-13,18-19,24-25,30-31,36-37,42,45,48-49,54-55,60-62,64,66-68,70,72-87H2,1-5H3/p+1/b10-8-,11-9-,16-14-,17-15-,22-20-,23-21-,28-26-,29-27-,34-32-,35-33-,40-38-,41-39-,44-43-,47-46-,52-50-,53-51-,58-56-,59-57-,65-63-,71-69-. The average Bonchev–Trinajstić information content (AvgIpc) is 1.21. The lowest BCUT2D eigenvalue weighted by Crippen LogP contribution is -2.40. The number of quaternary nitrogens is 1. The van der Waals surface area contributed by atoms with Crippen molar-refractivity contribution in [3.63, 3.8) is 0 Å². The van der Waals surface area contributed by atoms with E-state index in [0.717, 1.165) is 186 Å². The summed E-state index contributed by atoms with van der Waals surface area (Å²) in [6.45, 7) is 4.58. The first-order valence-corrected chi connectivity index (χ1v) is 39.2. The first-order valence-electron chi connectivity index (χ1n) is 39.2. The molecule has 0 radical (unpaired) electrons. The van der Waals surface area contributed by atoms with Crippen molar-refractivity contribution in [1.29, 1.82) is 0 Å². The molecule has 2 atom stereocenters. The summed E-state index contributed by atoms with van der Waals surface area (Å²) in [4.78, 5) is 37.7. The molecule has 0 spiro atoms. The molecular weight excluding hydrogens is 1250 g/mol. The number of carboxylic acid groups (broad SMARTS) is 1. The maximum absolute atomic E-state index is 13.0. The van der Waals surface area contributed by atoms with Crippen LogP contribution in [0.3, 0.4) is 0 Å². The molecule has 2 unspecified atom stereocenters. The van der Waals surface area contributed by atoms with E-state index in [4.69, 9.17) is 18.9 Å². The molecule has 0 rings (SSSR count). The van der Waals surface area contributed by atoms with Gasteiger partial charge in [-0.1, -0.05) is 321 Å². The zero-order valence-corrected chi connectivity index (χ0v) is 64.2. The van der Waals surface area contributed by atoms with Crippen LogP contribution in [0, 0.1) is 0 Å². The molecule has 0 aliphatic rings. The molecule has 0 aliphatic carbocycles. The van der Waals surface area contributed by atoms with E-state index in [1.165, 1.54) is 38.5 Å². The van der Waals surface area contributed by atoms with Gasteiger partial charge in [0.05, 0.1) is 34.4 Å². The minimum Gasteiger partial charge on any atom is -0.477 e. The van der Waals surface area contributed by atoms with E-state index in [2.05, 4.69) is 257 Å². The summed E-state index contributed by atoms with van der Waals surface area (Å²) >= 11 is 0. The fourth-order valence-electron chi connectivity index (χ4n) is 9.72. The van der Waals surface area contributed by atoms with E-state index >= 15 is 0 Å².